The van der Waals surface area contributed by atoms with Gasteiger partial charge in [-0.2, -0.15) is 0 Å². The Morgan fingerprint density at radius 1 is 1.62 bits per heavy atom. The molecule has 1 aliphatic rings. The molecular weight excluding hydrogens is 210 g/mol. The predicted octanol–water partition coefficient (Wildman–Crippen LogP) is 0.531. The number of rotatable bonds is 4. The zero-order valence-electron chi connectivity index (χ0n) is 9.38. The smallest absolute Gasteiger partial charge is 0.306 e. The molecule has 0 bridgehead atoms. The quantitative estimate of drug-likeness (QED) is 0.805. The van der Waals surface area contributed by atoms with Crippen molar-refractivity contribution in [1.29, 1.82) is 0 Å². The van der Waals surface area contributed by atoms with Crippen molar-refractivity contribution in [2.45, 2.75) is 20.4 Å². The van der Waals surface area contributed by atoms with E-state index in [1.165, 1.54) is 0 Å². The highest BCUT2D eigenvalue weighted by molar-refractivity contribution is 5.70. The average Bonchev–Trinajstić information content (AvgIpc) is 2.56. The van der Waals surface area contributed by atoms with Crippen LogP contribution >= 0.6 is 0 Å². The Kier molecular flexibility index (Phi) is 2.91. The van der Waals surface area contributed by atoms with Crippen LogP contribution in [0.5, 0.6) is 0 Å². The van der Waals surface area contributed by atoms with Crippen molar-refractivity contribution in [3.8, 4) is 0 Å². The maximum absolute atomic E-state index is 10.7. The average molecular weight is 225 g/mol. The van der Waals surface area contributed by atoms with Crippen molar-refractivity contribution in [3.05, 3.63) is 11.8 Å². The molecule has 1 aromatic heterocycles. The molecule has 1 saturated heterocycles. The first-order chi connectivity index (χ1) is 7.56. The fourth-order valence-corrected chi connectivity index (χ4v) is 1.85. The highest BCUT2D eigenvalue weighted by Crippen LogP contribution is 2.25. The summed E-state index contributed by atoms with van der Waals surface area (Å²) < 4.78 is 5.25. The fraction of sp³-hybridized carbons (Fsp3) is 0.700. The second kappa shape index (κ2) is 4.21. The highest BCUT2D eigenvalue weighted by atomic mass is 16.4. The molecule has 0 spiro atoms. The molecule has 0 aromatic carbocycles. The normalized spacial score (nSPS) is 19.4. The van der Waals surface area contributed by atoms with Gasteiger partial charge < -0.3 is 9.52 Å². The van der Waals surface area contributed by atoms with Gasteiger partial charge in [-0.1, -0.05) is 6.92 Å². The number of nitrogens with zero attached hydrogens (tertiary/aromatic N) is 3. The Bertz CT molecular complexity index is 384. The number of carboxylic acid groups (broad SMARTS) is 1. The maximum atomic E-state index is 10.7. The molecule has 2 rings (SSSR count). The van der Waals surface area contributed by atoms with E-state index in [1.54, 1.807) is 13.8 Å². The second-order valence-electron chi connectivity index (χ2n) is 4.30. The largest absolute Gasteiger partial charge is 0.481 e. The van der Waals surface area contributed by atoms with E-state index in [-0.39, 0.29) is 11.8 Å². The first kappa shape index (κ1) is 11.1. The van der Waals surface area contributed by atoms with Gasteiger partial charge in [0.15, 0.2) is 0 Å². The van der Waals surface area contributed by atoms with Crippen LogP contribution in [0, 0.1) is 18.8 Å². The molecule has 6 nitrogen and oxygen atoms in total. The Morgan fingerprint density at radius 2 is 2.31 bits per heavy atom. The van der Waals surface area contributed by atoms with Gasteiger partial charge in [-0.05, 0) is 5.92 Å². The molecule has 0 amide bonds. The van der Waals surface area contributed by atoms with Crippen LogP contribution < -0.4 is 0 Å². The summed E-state index contributed by atoms with van der Waals surface area (Å²) in [6, 6.07) is 0. The van der Waals surface area contributed by atoms with Crippen LogP contribution in [0.15, 0.2) is 4.42 Å². The molecule has 88 valence electrons. The zero-order chi connectivity index (χ0) is 11.7. The van der Waals surface area contributed by atoms with Gasteiger partial charge in [0.1, 0.15) is 0 Å². The van der Waals surface area contributed by atoms with Crippen molar-refractivity contribution in [2.24, 2.45) is 11.8 Å². The van der Waals surface area contributed by atoms with Gasteiger partial charge in [-0.15, -0.1) is 10.2 Å². The van der Waals surface area contributed by atoms with E-state index < -0.39 is 5.97 Å². The third kappa shape index (κ3) is 2.21. The summed E-state index contributed by atoms with van der Waals surface area (Å²) in [7, 11) is 0. The lowest BCUT2D eigenvalue weighted by atomic mass is 9.87. The lowest BCUT2D eigenvalue weighted by Gasteiger charge is -2.40. The number of aryl methyl sites for hydroxylation is 1. The van der Waals surface area contributed by atoms with Crippen LogP contribution in [0.1, 0.15) is 18.7 Å². The summed E-state index contributed by atoms with van der Waals surface area (Å²) in [5, 5.41) is 16.5. The summed E-state index contributed by atoms with van der Waals surface area (Å²) in [6.45, 7) is 5.69. The van der Waals surface area contributed by atoms with Crippen molar-refractivity contribution in [2.75, 3.05) is 13.1 Å². The highest BCUT2D eigenvalue weighted by Gasteiger charge is 2.35. The van der Waals surface area contributed by atoms with E-state index in [1.807, 2.05) is 0 Å². The van der Waals surface area contributed by atoms with Gasteiger partial charge in [0.05, 0.1) is 12.5 Å². The Labute approximate surface area is 93.3 Å². The Morgan fingerprint density at radius 3 is 2.81 bits per heavy atom. The van der Waals surface area contributed by atoms with Crippen LogP contribution in [0.2, 0.25) is 0 Å². The number of carboxylic acids is 1. The van der Waals surface area contributed by atoms with Gasteiger partial charge in [-0.25, -0.2) is 0 Å². The van der Waals surface area contributed by atoms with Crippen molar-refractivity contribution < 1.29 is 14.3 Å². The van der Waals surface area contributed by atoms with E-state index in [0.717, 1.165) is 13.1 Å². The Balaban J connectivity index is 1.79. The van der Waals surface area contributed by atoms with E-state index in [9.17, 15) is 4.79 Å². The second-order valence-corrected chi connectivity index (χ2v) is 4.30. The first-order valence-electron chi connectivity index (χ1n) is 5.30. The van der Waals surface area contributed by atoms with Gasteiger partial charge in [0.25, 0.3) is 0 Å². The van der Waals surface area contributed by atoms with Gasteiger partial charge in [0, 0.05) is 20.0 Å². The minimum Gasteiger partial charge on any atom is -0.481 e. The van der Waals surface area contributed by atoms with Crippen LogP contribution in [0.4, 0.5) is 0 Å². The molecule has 1 N–H and O–H groups in total. The van der Waals surface area contributed by atoms with E-state index in [2.05, 4.69) is 15.1 Å². The monoisotopic (exact) mass is 225 g/mol. The summed E-state index contributed by atoms with van der Waals surface area (Å²) in [4.78, 5) is 12.9. The van der Waals surface area contributed by atoms with E-state index in [4.69, 9.17) is 9.52 Å². The van der Waals surface area contributed by atoms with Gasteiger partial charge in [-0.3, -0.25) is 9.69 Å². The van der Waals surface area contributed by atoms with Gasteiger partial charge >= 0.3 is 5.97 Å². The summed E-state index contributed by atoms with van der Waals surface area (Å²) >= 11 is 0. The molecule has 0 aliphatic carbocycles. The standard InChI is InChI=1S/C10H15N3O3/c1-6(10(14)15)8-3-13(4-8)5-9-12-11-7(2)16-9/h6,8H,3-5H2,1-2H3,(H,14,15). The van der Waals surface area contributed by atoms with Crippen LogP contribution in [-0.4, -0.2) is 39.3 Å². The number of hydrogen-bond acceptors (Lipinski definition) is 5. The predicted molar refractivity (Wildman–Crippen MR) is 54.6 cm³/mol. The minimum atomic E-state index is -0.724. The molecule has 1 atom stereocenters. The Hall–Kier alpha value is -1.43. The molecule has 1 aromatic rings. The molecule has 1 fully saturated rings. The lowest BCUT2D eigenvalue weighted by molar-refractivity contribution is -0.145. The van der Waals surface area contributed by atoms with Crippen molar-refractivity contribution >= 4 is 5.97 Å². The molecule has 6 heteroatoms. The molecule has 2 heterocycles. The SMILES string of the molecule is Cc1nnc(CN2CC(C(C)C(=O)O)C2)o1. The topological polar surface area (TPSA) is 79.5 Å². The molecule has 1 unspecified atom stereocenters. The number of aromatic nitrogens is 2. The minimum absolute atomic E-state index is 0.238. The zero-order valence-corrected chi connectivity index (χ0v) is 9.38. The molecule has 0 saturated carbocycles. The van der Waals surface area contributed by atoms with E-state index >= 15 is 0 Å². The lowest BCUT2D eigenvalue weighted by Crippen LogP contribution is -2.50. The molecule has 1 aliphatic heterocycles. The summed E-state index contributed by atoms with van der Waals surface area (Å²) in [6.07, 6.45) is 0. The third-order valence-electron chi connectivity index (χ3n) is 3.01. The van der Waals surface area contributed by atoms with Crippen LogP contribution in [0.25, 0.3) is 0 Å². The van der Waals surface area contributed by atoms with Crippen molar-refractivity contribution in [3.63, 3.8) is 0 Å². The van der Waals surface area contributed by atoms with Crippen LogP contribution in [0.3, 0.4) is 0 Å². The fourth-order valence-electron chi connectivity index (χ4n) is 1.85. The number of carbonyl (C=O) groups is 1. The maximum Gasteiger partial charge on any atom is 0.306 e. The molecule has 0 radical (unpaired) electrons. The molecule has 16 heavy (non-hydrogen) atoms. The van der Waals surface area contributed by atoms with E-state index in [0.29, 0.717) is 18.3 Å². The number of likely N-dealkylation sites (tertiary alicyclic amines) is 1. The number of hydrogen-bond donors (Lipinski definition) is 1. The third-order valence-corrected chi connectivity index (χ3v) is 3.01. The van der Waals surface area contributed by atoms with Gasteiger partial charge in [0.2, 0.25) is 11.8 Å². The molecular formula is C10H15N3O3. The van der Waals surface area contributed by atoms with Crippen LogP contribution in [-0.2, 0) is 11.3 Å². The van der Waals surface area contributed by atoms with Crippen molar-refractivity contribution in [1.82, 2.24) is 15.1 Å². The number of aliphatic carboxylic acids is 1. The summed E-state index contributed by atoms with van der Waals surface area (Å²) in [5.41, 5.74) is 0. The first-order valence-corrected chi connectivity index (χ1v) is 5.30. The summed E-state index contributed by atoms with van der Waals surface area (Å²) in [5.74, 6) is 0.394.